The molecular formula is C8H15NOS. The van der Waals surface area contributed by atoms with Crippen LogP contribution in [-0.4, -0.2) is 34.9 Å². The van der Waals surface area contributed by atoms with Gasteiger partial charge in [0.15, 0.2) is 0 Å². The van der Waals surface area contributed by atoms with Crippen molar-refractivity contribution < 1.29 is 4.79 Å². The van der Waals surface area contributed by atoms with Crippen molar-refractivity contribution in [2.75, 3.05) is 12.3 Å². The molecule has 1 heterocycles. The fourth-order valence-corrected chi connectivity index (χ4v) is 2.76. The summed E-state index contributed by atoms with van der Waals surface area (Å²) >= 11 is 1.99. The first-order valence-electron chi connectivity index (χ1n) is 4.12. The summed E-state index contributed by atoms with van der Waals surface area (Å²) < 4.78 is 0. The van der Waals surface area contributed by atoms with Crippen molar-refractivity contribution in [3.63, 3.8) is 0 Å². The molecule has 3 heteroatoms. The van der Waals surface area contributed by atoms with Crippen LogP contribution in [0.2, 0.25) is 0 Å². The number of hydrogen-bond donors (Lipinski definition) is 0. The van der Waals surface area contributed by atoms with Crippen molar-refractivity contribution in [3.05, 3.63) is 0 Å². The van der Waals surface area contributed by atoms with Crippen LogP contribution in [0, 0.1) is 0 Å². The average molecular weight is 173 g/mol. The molecule has 2 atom stereocenters. The third-order valence-electron chi connectivity index (χ3n) is 2.28. The molecule has 0 bridgehead atoms. The highest BCUT2D eigenvalue weighted by Gasteiger charge is 2.25. The fraction of sp³-hybridized carbons (Fsp3) is 0.875. The van der Waals surface area contributed by atoms with Crippen LogP contribution in [0.15, 0.2) is 0 Å². The van der Waals surface area contributed by atoms with Gasteiger partial charge < -0.3 is 4.90 Å². The number of thioether (sulfide) groups is 1. The van der Waals surface area contributed by atoms with Gasteiger partial charge >= 0.3 is 0 Å². The summed E-state index contributed by atoms with van der Waals surface area (Å²) in [6, 6.07) is 0.427. The van der Waals surface area contributed by atoms with Crippen molar-refractivity contribution in [3.8, 4) is 0 Å². The second-order valence-electron chi connectivity index (χ2n) is 2.90. The molecule has 1 saturated heterocycles. The van der Waals surface area contributed by atoms with E-state index < -0.39 is 0 Å². The molecule has 2 nitrogen and oxygen atoms in total. The molecule has 1 amide bonds. The third-order valence-corrected chi connectivity index (χ3v) is 3.85. The maximum atomic E-state index is 10.5. The van der Waals surface area contributed by atoms with Crippen LogP contribution >= 0.6 is 11.8 Å². The second kappa shape index (κ2) is 4.00. The zero-order chi connectivity index (χ0) is 8.27. The van der Waals surface area contributed by atoms with Crippen LogP contribution in [0.4, 0.5) is 0 Å². The van der Waals surface area contributed by atoms with Gasteiger partial charge in [-0.05, 0) is 13.3 Å². The number of hydrogen-bond acceptors (Lipinski definition) is 2. The van der Waals surface area contributed by atoms with Crippen molar-refractivity contribution in [1.29, 1.82) is 0 Å². The first-order valence-corrected chi connectivity index (χ1v) is 5.17. The summed E-state index contributed by atoms with van der Waals surface area (Å²) in [5, 5.41) is 0.647. The summed E-state index contributed by atoms with van der Waals surface area (Å²) in [5.74, 6) is 1.10. The van der Waals surface area contributed by atoms with Crippen LogP contribution in [-0.2, 0) is 4.79 Å². The lowest BCUT2D eigenvalue weighted by Crippen LogP contribution is -2.44. The Kier molecular flexibility index (Phi) is 3.24. The van der Waals surface area contributed by atoms with Gasteiger partial charge in [0.25, 0.3) is 0 Å². The normalized spacial score (nSPS) is 32.0. The van der Waals surface area contributed by atoms with E-state index in [4.69, 9.17) is 0 Å². The number of rotatable bonds is 2. The number of carbonyl (C=O) groups excluding carboxylic acids is 1. The highest BCUT2D eigenvalue weighted by Crippen LogP contribution is 2.25. The Labute approximate surface area is 72.3 Å². The van der Waals surface area contributed by atoms with Crippen LogP contribution in [0.3, 0.4) is 0 Å². The molecule has 1 rings (SSSR count). The molecule has 0 saturated carbocycles. The Morgan fingerprint density at radius 1 is 1.73 bits per heavy atom. The Hall–Kier alpha value is -0.180. The van der Waals surface area contributed by atoms with Gasteiger partial charge in [-0.2, -0.15) is 11.8 Å². The maximum Gasteiger partial charge on any atom is 0.210 e. The van der Waals surface area contributed by atoms with Crippen LogP contribution in [0.5, 0.6) is 0 Å². The summed E-state index contributed by atoms with van der Waals surface area (Å²) in [4.78, 5) is 12.5. The highest BCUT2D eigenvalue weighted by molar-refractivity contribution is 8.00. The van der Waals surface area contributed by atoms with Gasteiger partial charge in [0.2, 0.25) is 6.41 Å². The van der Waals surface area contributed by atoms with Crippen molar-refractivity contribution in [2.45, 2.75) is 31.6 Å². The predicted octanol–water partition coefficient (Wildman–Crippen LogP) is 1.36. The van der Waals surface area contributed by atoms with Gasteiger partial charge in [0.05, 0.1) is 0 Å². The Morgan fingerprint density at radius 3 is 3.00 bits per heavy atom. The summed E-state index contributed by atoms with van der Waals surface area (Å²) in [7, 11) is 0. The minimum Gasteiger partial charge on any atom is -0.341 e. The third kappa shape index (κ3) is 1.89. The van der Waals surface area contributed by atoms with E-state index in [1.807, 2.05) is 16.7 Å². The first kappa shape index (κ1) is 8.91. The molecule has 0 spiro atoms. The molecule has 0 N–H and O–H groups in total. The molecule has 0 radical (unpaired) electrons. The smallest absolute Gasteiger partial charge is 0.210 e. The molecule has 2 unspecified atom stereocenters. The second-order valence-corrected chi connectivity index (χ2v) is 4.25. The largest absolute Gasteiger partial charge is 0.341 e. The standard InChI is InChI=1S/C8H15NOS/c1-3-8-7(2)9(6-10)4-5-11-8/h6-8H,3-5H2,1-2H3. The molecule has 0 aromatic heterocycles. The lowest BCUT2D eigenvalue weighted by atomic mass is 10.1. The van der Waals surface area contributed by atoms with Gasteiger partial charge in [0.1, 0.15) is 0 Å². The van der Waals surface area contributed by atoms with E-state index in [9.17, 15) is 4.79 Å². The summed E-state index contributed by atoms with van der Waals surface area (Å²) in [5.41, 5.74) is 0. The molecule has 0 aliphatic carbocycles. The van der Waals surface area contributed by atoms with E-state index >= 15 is 0 Å². The molecule has 11 heavy (non-hydrogen) atoms. The SMILES string of the molecule is CCC1SCCN(C=O)C1C. The van der Waals surface area contributed by atoms with Crippen LogP contribution < -0.4 is 0 Å². The highest BCUT2D eigenvalue weighted by atomic mass is 32.2. The van der Waals surface area contributed by atoms with E-state index in [1.54, 1.807) is 0 Å². The zero-order valence-corrected chi connectivity index (χ0v) is 7.93. The van der Waals surface area contributed by atoms with E-state index in [-0.39, 0.29) is 0 Å². The lowest BCUT2D eigenvalue weighted by Gasteiger charge is -2.36. The molecule has 1 aliphatic heterocycles. The fourth-order valence-electron chi connectivity index (χ4n) is 1.47. The van der Waals surface area contributed by atoms with Gasteiger partial charge in [-0.3, -0.25) is 4.79 Å². The summed E-state index contributed by atoms with van der Waals surface area (Å²) in [6.07, 6.45) is 2.14. The van der Waals surface area contributed by atoms with Gasteiger partial charge in [0, 0.05) is 23.6 Å². The molecular weight excluding hydrogens is 158 g/mol. The molecule has 0 aromatic carbocycles. The van der Waals surface area contributed by atoms with Crippen molar-refractivity contribution >= 4 is 18.2 Å². The zero-order valence-electron chi connectivity index (χ0n) is 7.12. The molecule has 1 aliphatic rings. The van der Waals surface area contributed by atoms with Crippen molar-refractivity contribution in [2.24, 2.45) is 0 Å². The van der Waals surface area contributed by atoms with E-state index in [2.05, 4.69) is 13.8 Å². The quantitative estimate of drug-likeness (QED) is 0.588. The monoisotopic (exact) mass is 173 g/mol. The minimum atomic E-state index is 0.427. The maximum absolute atomic E-state index is 10.5. The Balaban J connectivity index is 2.51. The van der Waals surface area contributed by atoms with Gasteiger partial charge in [-0.15, -0.1) is 0 Å². The van der Waals surface area contributed by atoms with E-state index in [0.717, 1.165) is 25.1 Å². The number of amides is 1. The van der Waals surface area contributed by atoms with E-state index in [1.165, 1.54) is 0 Å². The average Bonchev–Trinajstić information content (AvgIpc) is 2.05. The Morgan fingerprint density at radius 2 is 2.45 bits per heavy atom. The number of carbonyl (C=O) groups is 1. The van der Waals surface area contributed by atoms with Crippen LogP contribution in [0.25, 0.3) is 0 Å². The topological polar surface area (TPSA) is 20.3 Å². The van der Waals surface area contributed by atoms with Crippen LogP contribution in [0.1, 0.15) is 20.3 Å². The molecule has 64 valence electrons. The van der Waals surface area contributed by atoms with Crippen molar-refractivity contribution in [1.82, 2.24) is 4.90 Å². The molecule has 0 aromatic rings. The van der Waals surface area contributed by atoms with E-state index in [0.29, 0.717) is 11.3 Å². The Bertz CT molecular complexity index is 140. The minimum absolute atomic E-state index is 0.427. The number of nitrogens with zero attached hydrogens (tertiary/aromatic N) is 1. The van der Waals surface area contributed by atoms with Gasteiger partial charge in [-0.1, -0.05) is 6.92 Å². The van der Waals surface area contributed by atoms with Gasteiger partial charge in [-0.25, -0.2) is 0 Å². The summed E-state index contributed by atoms with van der Waals surface area (Å²) in [6.45, 7) is 5.24. The predicted molar refractivity (Wildman–Crippen MR) is 48.8 cm³/mol. The first-order chi connectivity index (χ1) is 5.29. The lowest BCUT2D eigenvalue weighted by molar-refractivity contribution is -0.119. The molecule has 1 fully saturated rings.